The molecule has 0 radical (unpaired) electrons. The highest BCUT2D eigenvalue weighted by Crippen LogP contribution is 2.24. The minimum atomic E-state index is -0.386. The highest BCUT2D eigenvalue weighted by Gasteiger charge is 2.23. The first-order valence-corrected chi connectivity index (χ1v) is 8.61. The number of nitrogens with zero attached hydrogens (tertiary/aromatic N) is 1. The molecule has 25 heavy (non-hydrogen) atoms. The molecule has 1 atom stereocenters. The van der Waals surface area contributed by atoms with Crippen LogP contribution in [-0.4, -0.2) is 29.3 Å². The first-order valence-electron chi connectivity index (χ1n) is 7.84. The Labute approximate surface area is 150 Å². The number of aromatic nitrogens is 1. The number of carbonyl (C=O) groups excluding carboxylic acids is 2. The number of anilines is 1. The fourth-order valence-electron chi connectivity index (χ4n) is 2.21. The Balaban J connectivity index is 2.13. The fraction of sp³-hybridized carbons (Fsp3) is 0.353. The summed E-state index contributed by atoms with van der Waals surface area (Å²) >= 11 is 0.912. The van der Waals surface area contributed by atoms with Crippen molar-refractivity contribution in [1.82, 2.24) is 15.0 Å². The number of benzene rings is 1. The fourth-order valence-corrected chi connectivity index (χ4v) is 2.91. The number of rotatable bonds is 6. The number of methoxy groups -OCH3 is 1. The molecule has 2 amide bonds. The van der Waals surface area contributed by atoms with Crippen molar-refractivity contribution in [2.24, 2.45) is 0 Å². The summed E-state index contributed by atoms with van der Waals surface area (Å²) < 4.78 is 9.21. The van der Waals surface area contributed by atoms with Crippen molar-refractivity contribution in [3.8, 4) is 5.75 Å². The zero-order valence-corrected chi connectivity index (χ0v) is 15.4. The molecule has 0 saturated carbocycles. The van der Waals surface area contributed by atoms with Gasteiger partial charge < -0.3 is 21.1 Å². The van der Waals surface area contributed by atoms with Crippen LogP contribution in [0.5, 0.6) is 5.75 Å². The molecule has 0 bridgehead atoms. The number of ether oxygens (including phenoxy) is 1. The highest BCUT2D eigenvalue weighted by molar-refractivity contribution is 7.09. The third-order valence-corrected chi connectivity index (χ3v) is 4.37. The quantitative estimate of drug-likeness (QED) is 0.731. The smallest absolute Gasteiger partial charge is 0.273 e. The Bertz CT molecular complexity index is 773. The summed E-state index contributed by atoms with van der Waals surface area (Å²) in [6.45, 7) is 5.53. The number of amides is 2. The van der Waals surface area contributed by atoms with Gasteiger partial charge in [0.2, 0.25) is 0 Å². The lowest BCUT2D eigenvalue weighted by atomic mass is 10.1. The molecule has 8 heteroatoms. The van der Waals surface area contributed by atoms with Gasteiger partial charge in [-0.1, -0.05) is 12.1 Å². The average molecular weight is 362 g/mol. The van der Waals surface area contributed by atoms with Crippen LogP contribution in [0.1, 0.15) is 52.5 Å². The second-order valence-electron chi connectivity index (χ2n) is 5.87. The molecule has 2 aromatic rings. The predicted molar refractivity (Wildman–Crippen MR) is 98.0 cm³/mol. The largest absolute Gasteiger partial charge is 0.497 e. The molecular weight excluding hydrogens is 340 g/mol. The van der Waals surface area contributed by atoms with Gasteiger partial charge in [-0.25, -0.2) is 0 Å². The topological polar surface area (TPSA) is 106 Å². The number of nitrogens with two attached hydrogens (primary N) is 1. The molecule has 0 fully saturated rings. The van der Waals surface area contributed by atoms with Gasteiger partial charge >= 0.3 is 0 Å². The molecule has 1 aromatic heterocycles. The van der Waals surface area contributed by atoms with E-state index in [1.807, 2.05) is 45.0 Å². The first-order chi connectivity index (χ1) is 11.8. The molecule has 0 aliphatic carbocycles. The van der Waals surface area contributed by atoms with Crippen LogP contribution in [0, 0.1) is 0 Å². The molecule has 4 N–H and O–H groups in total. The molecule has 1 heterocycles. The van der Waals surface area contributed by atoms with Crippen LogP contribution in [-0.2, 0) is 0 Å². The Kier molecular flexibility index (Phi) is 5.97. The van der Waals surface area contributed by atoms with Gasteiger partial charge in [-0.3, -0.25) is 9.59 Å². The predicted octanol–water partition coefficient (Wildman–Crippen LogP) is 2.36. The molecule has 1 aromatic carbocycles. The van der Waals surface area contributed by atoms with Crippen molar-refractivity contribution >= 4 is 29.0 Å². The van der Waals surface area contributed by atoms with Crippen LogP contribution < -0.4 is 21.1 Å². The third kappa shape index (κ3) is 4.48. The number of nitrogens with one attached hydrogen (secondary N) is 2. The normalized spacial score (nSPS) is 11.9. The zero-order chi connectivity index (χ0) is 18.6. The third-order valence-electron chi connectivity index (χ3n) is 3.51. The van der Waals surface area contributed by atoms with Gasteiger partial charge in [0.05, 0.1) is 18.8 Å². The molecule has 134 valence electrons. The van der Waals surface area contributed by atoms with E-state index in [1.54, 1.807) is 7.11 Å². The Morgan fingerprint density at radius 2 is 1.92 bits per heavy atom. The van der Waals surface area contributed by atoms with E-state index in [2.05, 4.69) is 15.0 Å². The van der Waals surface area contributed by atoms with Crippen LogP contribution in [0.3, 0.4) is 0 Å². The van der Waals surface area contributed by atoms with Crippen LogP contribution in [0.15, 0.2) is 24.3 Å². The van der Waals surface area contributed by atoms with E-state index < -0.39 is 0 Å². The van der Waals surface area contributed by atoms with E-state index in [0.29, 0.717) is 5.75 Å². The maximum absolute atomic E-state index is 12.5. The lowest BCUT2D eigenvalue weighted by Crippen LogP contribution is -2.31. The molecule has 0 saturated heterocycles. The van der Waals surface area contributed by atoms with Gasteiger partial charge in [0.1, 0.15) is 10.6 Å². The van der Waals surface area contributed by atoms with Crippen molar-refractivity contribution in [2.75, 3.05) is 12.8 Å². The summed E-state index contributed by atoms with van der Waals surface area (Å²) in [5.41, 5.74) is 7.02. The van der Waals surface area contributed by atoms with E-state index in [-0.39, 0.29) is 40.2 Å². The SMILES string of the molecule is COc1cccc([C@@H](C)NC(=O)c2snc(C(=O)NC(C)C)c2N)c1. The monoisotopic (exact) mass is 362 g/mol. The molecule has 0 unspecified atom stereocenters. The van der Waals surface area contributed by atoms with Gasteiger partial charge in [0.25, 0.3) is 11.8 Å². The van der Waals surface area contributed by atoms with Gasteiger partial charge in [-0.05, 0) is 50.0 Å². The number of hydrogen-bond acceptors (Lipinski definition) is 6. The van der Waals surface area contributed by atoms with Gasteiger partial charge in [-0.15, -0.1) is 0 Å². The van der Waals surface area contributed by atoms with E-state index in [1.165, 1.54) is 0 Å². The Morgan fingerprint density at radius 3 is 2.56 bits per heavy atom. The average Bonchev–Trinajstić information content (AvgIpc) is 2.96. The number of carbonyl (C=O) groups is 2. The first kappa shape index (κ1) is 18.7. The zero-order valence-electron chi connectivity index (χ0n) is 14.6. The van der Waals surface area contributed by atoms with Crippen molar-refractivity contribution < 1.29 is 14.3 Å². The molecule has 7 nitrogen and oxygen atoms in total. The lowest BCUT2D eigenvalue weighted by Gasteiger charge is -2.14. The standard InChI is InChI=1S/C17H22N4O3S/c1-9(2)19-16(22)14-13(18)15(25-21-14)17(23)20-10(3)11-6-5-7-12(8-11)24-4/h5-10H,18H2,1-4H3,(H,19,22)(H,20,23)/t10-/m1/s1. The van der Waals surface area contributed by atoms with Crippen LogP contribution in [0.25, 0.3) is 0 Å². The van der Waals surface area contributed by atoms with E-state index >= 15 is 0 Å². The maximum atomic E-state index is 12.5. The minimum absolute atomic E-state index is 0.0426. The van der Waals surface area contributed by atoms with Crippen molar-refractivity contribution in [3.05, 3.63) is 40.4 Å². The second kappa shape index (κ2) is 7.98. The highest BCUT2D eigenvalue weighted by atomic mass is 32.1. The van der Waals surface area contributed by atoms with E-state index in [0.717, 1.165) is 17.1 Å². The van der Waals surface area contributed by atoms with Crippen LogP contribution in [0.4, 0.5) is 5.69 Å². The van der Waals surface area contributed by atoms with Gasteiger partial charge in [0.15, 0.2) is 5.69 Å². The Morgan fingerprint density at radius 1 is 1.20 bits per heavy atom. The summed E-state index contributed by atoms with van der Waals surface area (Å²) in [6, 6.07) is 7.13. The van der Waals surface area contributed by atoms with Gasteiger partial charge in [0, 0.05) is 6.04 Å². The minimum Gasteiger partial charge on any atom is -0.497 e. The van der Waals surface area contributed by atoms with Crippen molar-refractivity contribution in [1.29, 1.82) is 0 Å². The summed E-state index contributed by atoms with van der Waals surface area (Å²) in [5.74, 6) is -0.0406. The lowest BCUT2D eigenvalue weighted by molar-refractivity contribution is 0.0938. The van der Waals surface area contributed by atoms with Crippen molar-refractivity contribution in [3.63, 3.8) is 0 Å². The summed E-state index contributed by atoms with van der Waals surface area (Å²) in [4.78, 5) is 24.7. The molecule has 0 aliphatic rings. The summed E-state index contributed by atoms with van der Waals surface area (Å²) in [6.07, 6.45) is 0. The van der Waals surface area contributed by atoms with Crippen LogP contribution >= 0.6 is 11.5 Å². The number of hydrogen-bond donors (Lipinski definition) is 3. The maximum Gasteiger partial charge on any atom is 0.273 e. The molecule has 0 aliphatic heterocycles. The van der Waals surface area contributed by atoms with E-state index in [9.17, 15) is 9.59 Å². The van der Waals surface area contributed by atoms with E-state index in [4.69, 9.17) is 10.5 Å². The number of nitrogen functional groups attached to an aromatic ring is 1. The molecular formula is C17H22N4O3S. The van der Waals surface area contributed by atoms with Crippen LogP contribution in [0.2, 0.25) is 0 Å². The van der Waals surface area contributed by atoms with Gasteiger partial charge in [-0.2, -0.15) is 4.37 Å². The molecule has 2 rings (SSSR count). The van der Waals surface area contributed by atoms with Crippen molar-refractivity contribution in [2.45, 2.75) is 32.9 Å². The second-order valence-corrected chi connectivity index (χ2v) is 6.65. The summed E-state index contributed by atoms with van der Waals surface area (Å²) in [7, 11) is 1.59. The Hall–Kier alpha value is -2.61. The summed E-state index contributed by atoms with van der Waals surface area (Å²) in [5, 5.41) is 5.57. The molecule has 0 spiro atoms.